The lowest BCUT2D eigenvalue weighted by atomic mass is 9.92. The Hall–Kier alpha value is -2.68. The average molecular weight is 368 g/mol. The molecule has 0 saturated heterocycles. The smallest absolute Gasteiger partial charge is 0.163 e. The molecule has 140 valence electrons. The van der Waals surface area contributed by atoms with Crippen LogP contribution in [0, 0.1) is 18.3 Å². The molecule has 1 aromatic heterocycles. The quantitative estimate of drug-likeness (QED) is 0.764. The van der Waals surface area contributed by atoms with Gasteiger partial charge in [0.25, 0.3) is 0 Å². The van der Waals surface area contributed by atoms with Crippen molar-refractivity contribution in [2.24, 2.45) is 4.99 Å². The van der Waals surface area contributed by atoms with Crippen LogP contribution in [0.3, 0.4) is 0 Å². The van der Waals surface area contributed by atoms with Crippen molar-refractivity contribution in [3.05, 3.63) is 47.3 Å². The summed E-state index contributed by atoms with van der Waals surface area (Å²) < 4.78 is 29.1. The Labute approximate surface area is 157 Å². The highest BCUT2D eigenvalue weighted by Gasteiger charge is 2.35. The molecule has 2 aliphatic rings. The Balaban J connectivity index is 1.96. The molecular weight excluding hydrogens is 346 g/mol. The number of halogens is 2. The highest BCUT2D eigenvalue weighted by molar-refractivity contribution is 5.89. The molecule has 1 unspecified atom stereocenters. The first-order valence-electron chi connectivity index (χ1n) is 9.33. The van der Waals surface area contributed by atoms with Crippen molar-refractivity contribution < 1.29 is 8.78 Å². The second-order valence-corrected chi connectivity index (χ2v) is 7.27. The summed E-state index contributed by atoms with van der Waals surface area (Å²) in [5.74, 6) is 0. The molecule has 0 radical (unpaired) electrons. The molecule has 1 aliphatic carbocycles. The summed E-state index contributed by atoms with van der Waals surface area (Å²) in [6.07, 6.45) is 7.62. The van der Waals surface area contributed by atoms with Crippen LogP contribution in [0.2, 0.25) is 0 Å². The van der Waals surface area contributed by atoms with E-state index in [1.807, 2.05) is 19.1 Å². The Bertz CT molecular complexity index is 945. The van der Waals surface area contributed by atoms with Crippen LogP contribution in [-0.4, -0.2) is 35.1 Å². The maximum absolute atomic E-state index is 13.5. The van der Waals surface area contributed by atoms with Crippen molar-refractivity contribution in [2.75, 3.05) is 13.3 Å². The van der Waals surface area contributed by atoms with E-state index in [1.165, 1.54) is 0 Å². The average Bonchev–Trinajstić information content (AvgIpc) is 2.95. The second-order valence-electron chi connectivity index (χ2n) is 7.27. The van der Waals surface area contributed by atoms with Crippen LogP contribution in [-0.2, 0) is 0 Å². The zero-order valence-corrected chi connectivity index (χ0v) is 15.3. The number of hydrogen-bond acceptors (Lipinski definition) is 3. The van der Waals surface area contributed by atoms with Gasteiger partial charge in [0.2, 0.25) is 0 Å². The van der Waals surface area contributed by atoms with Crippen LogP contribution in [0.15, 0.2) is 35.5 Å². The number of aryl methyl sites for hydroxylation is 1. The van der Waals surface area contributed by atoms with E-state index >= 15 is 0 Å². The summed E-state index contributed by atoms with van der Waals surface area (Å²) in [5.41, 5.74) is 3.42. The zero-order valence-electron chi connectivity index (χ0n) is 15.3. The van der Waals surface area contributed by atoms with Gasteiger partial charge < -0.3 is 9.47 Å². The maximum atomic E-state index is 13.5. The number of benzene rings is 1. The van der Waals surface area contributed by atoms with Gasteiger partial charge in [-0.05, 0) is 43.9 Å². The maximum Gasteiger partial charge on any atom is 0.163 e. The largest absolute Gasteiger partial charge is 0.343 e. The van der Waals surface area contributed by atoms with Crippen LogP contribution < -0.4 is 0 Å². The first-order chi connectivity index (χ1) is 13.2. The van der Waals surface area contributed by atoms with Crippen molar-refractivity contribution in [1.82, 2.24) is 9.47 Å². The Morgan fingerprint density at radius 1 is 1.30 bits per heavy atom. The number of fused-ring (bicyclic) bond motifs is 1. The fraction of sp³-hybridized carbons (Fsp3) is 0.429. The normalized spacial score (nSPS) is 19.7. The van der Waals surface area contributed by atoms with Crippen molar-refractivity contribution in [1.29, 1.82) is 5.26 Å². The molecule has 2 heterocycles. The molecule has 1 aromatic carbocycles. The number of nitriles is 1. The third kappa shape index (κ3) is 2.82. The summed E-state index contributed by atoms with van der Waals surface area (Å²) in [5, 5.41) is 10.8. The molecule has 4 rings (SSSR count). The van der Waals surface area contributed by atoms with Crippen LogP contribution in [0.1, 0.15) is 48.3 Å². The van der Waals surface area contributed by atoms with Gasteiger partial charge in [0.05, 0.1) is 22.8 Å². The van der Waals surface area contributed by atoms with Crippen molar-refractivity contribution >= 4 is 17.1 Å². The number of nitrogens with zero attached hydrogens (tertiary/aromatic N) is 4. The number of alkyl halides is 2. The zero-order chi connectivity index (χ0) is 19.0. The van der Waals surface area contributed by atoms with Crippen LogP contribution in [0.4, 0.5) is 8.78 Å². The molecule has 1 saturated carbocycles. The van der Waals surface area contributed by atoms with Gasteiger partial charge in [0.1, 0.15) is 19.4 Å². The molecule has 0 N–H and O–H groups in total. The van der Waals surface area contributed by atoms with Crippen molar-refractivity contribution in [3.8, 4) is 6.07 Å². The third-order valence-electron chi connectivity index (χ3n) is 5.63. The van der Waals surface area contributed by atoms with E-state index in [-0.39, 0.29) is 0 Å². The van der Waals surface area contributed by atoms with Gasteiger partial charge in [-0.2, -0.15) is 5.26 Å². The molecule has 0 spiro atoms. The molecule has 4 nitrogen and oxygen atoms in total. The number of rotatable bonds is 5. The lowest BCUT2D eigenvalue weighted by molar-refractivity contribution is 0.140. The summed E-state index contributed by atoms with van der Waals surface area (Å²) in [7, 11) is 0. The van der Waals surface area contributed by atoms with Crippen LogP contribution >= 0.6 is 0 Å². The fourth-order valence-electron chi connectivity index (χ4n) is 4.01. The molecule has 2 aromatic rings. The number of aliphatic imine (C=N–C) groups is 1. The van der Waals surface area contributed by atoms with Gasteiger partial charge in [-0.25, -0.2) is 8.78 Å². The summed E-state index contributed by atoms with van der Waals surface area (Å²) in [6, 6.07) is 7.77. The standard InChI is InChI=1S/C21H22F2N4/c1-14-6-7-17-18(13-24)20(27(19(17)10-14)15-4-2-5-15)21-25-8-3-9-26(21)16(11-22)12-23/h3,6-10,15-16,21H,2,4-5,11-12H2,1H3. The van der Waals surface area contributed by atoms with E-state index in [4.69, 9.17) is 0 Å². The molecular formula is C21H22F2N4. The van der Waals surface area contributed by atoms with Crippen LogP contribution in [0.5, 0.6) is 0 Å². The minimum absolute atomic E-state index is 0.295. The highest BCUT2D eigenvalue weighted by atomic mass is 19.1. The monoisotopic (exact) mass is 368 g/mol. The summed E-state index contributed by atoms with van der Waals surface area (Å²) in [6.45, 7) is 0.411. The van der Waals surface area contributed by atoms with Crippen molar-refractivity contribution in [2.45, 2.75) is 44.4 Å². The summed E-state index contributed by atoms with van der Waals surface area (Å²) in [4.78, 5) is 6.14. The van der Waals surface area contributed by atoms with Crippen LogP contribution in [0.25, 0.3) is 10.9 Å². The molecule has 6 heteroatoms. The van der Waals surface area contributed by atoms with E-state index < -0.39 is 25.6 Å². The van der Waals surface area contributed by atoms with Gasteiger partial charge in [-0.15, -0.1) is 0 Å². The molecule has 0 amide bonds. The SMILES string of the molecule is Cc1ccc2c(C#N)c(C3N=CC=CN3C(CF)CF)n(C3CCC3)c2c1. The highest BCUT2D eigenvalue weighted by Crippen LogP contribution is 2.43. The molecule has 27 heavy (non-hydrogen) atoms. The summed E-state index contributed by atoms with van der Waals surface area (Å²) >= 11 is 0. The first kappa shape index (κ1) is 17.7. The van der Waals surface area contributed by atoms with E-state index in [0.29, 0.717) is 11.6 Å². The van der Waals surface area contributed by atoms with E-state index in [2.05, 4.69) is 21.7 Å². The van der Waals surface area contributed by atoms with Gasteiger partial charge in [-0.1, -0.05) is 12.1 Å². The Morgan fingerprint density at radius 2 is 2.07 bits per heavy atom. The van der Waals surface area contributed by atoms with Crippen molar-refractivity contribution in [3.63, 3.8) is 0 Å². The lowest BCUT2D eigenvalue weighted by Crippen LogP contribution is -2.39. The van der Waals surface area contributed by atoms with Gasteiger partial charge in [-0.3, -0.25) is 4.99 Å². The number of hydrogen-bond donors (Lipinski definition) is 0. The van der Waals surface area contributed by atoms with Gasteiger partial charge >= 0.3 is 0 Å². The number of allylic oxidation sites excluding steroid dienone is 1. The minimum Gasteiger partial charge on any atom is -0.343 e. The van der Waals surface area contributed by atoms with Gasteiger partial charge in [0, 0.05) is 23.8 Å². The van der Waals surface area contributed by atoms with E-state index in [1.54, 1.807) is 23.4 Å². The van der Waals surface area contributed by atoms with E-state index in [0.717, 1.165) is 41.4 Å². The second kappa shape index (κ2) is 7.15. The van der Waals surface area contributed by atoms with E-state index in [9.17, 15) is 14.0 Å². The third-order valence-corrected chi connectivity index (χ3v) is 5.63. The minimum atomic E-state index is -0.912. The first-order valence-corrected chi connectivity index (χ1v) is 9.33. The predicted octanol–water partition coefficient (Wildman–Crippen LogP) is 4.75. The number of aromatic nitrogens is 1. The topological polar surface area (TPSA) is 44.3 Å². The molecule has 1 fully saturated rings. The predicted molar refractivity (Wildman–Crippen MR) is 102 cm³/mol. The molecule has 1 aliphatic heterocycles. The Kier molecular flexibility index (Phi) is 4.69. The Morgan fingerprint density at radius 3 is 2.70 bits per heavy atom. The lowest BCUT2D eigenvalue weighted by Gasteiger charge is -2.37. The molecule has 0 bridgehead atoms. The molecule has 1 atom stereocenters. The van der Waals surface area contributed by atoms with Gasteiger partial charge in [0.15, 0.2) is 6.17 Å². The fourth-order valence-corrected chi connectivity index (χ4v) is 4.01.